The Hall–Kier alpha value is -1.41. The van der Waals surface area contributed by atoms with Crippen molar-refractivity contribution in [2.75, 3.05) is 30.3 Å². The van der Waals surface area contributed by atoms with Crippen LogP contribution in [-0.2, 0) is 16.6 Å². The molecule has 0 spiro atoms. The van der Waals surface area contributed by atoms with Crippen molar-refractivity contribution < 1.29 is 8.42 Å². The highest BCUT2D eigenvalue weighted by Gasteiger charge is 2.15. The molecular formula is C15H24N4O2S2. The van der Waals surface area contributed by atoms with E-state index in [4.69, 9.17) is 0 Å². The molecular weight excluding hydrogens is 332 g/mol. The van der Waals surface area contributed by atoms with E-state index < -0.39 is 10.0 Å². The van der Waals surface area contributed by atoms with E-state index in [9.17, 15) is 8.42 Å². The number of nitrogens with zero attached hydrogens (tertiary/aromatic N) is 1. The molecule has 0 aromatic heterocycles. The number of guanidine groups is 1. The van der Waals surface area contributed by atoms with Crippen molar-refractivity contribution in [2.24, 2.45) is 4.99 Å². The molecule has 0 aliphatic carbocycles. The van der Waals surface area contributed by atoms with Crippen molar-refractivity contribution in [1.29, 1.82) is 0 Å². The van der Waals surface area contributed by atoms with Crippen LogP contribution in [0.4, 0.5) is 5.69 Å². The SMILES string of the molecule is CN=C(NCc1ccc(NS(C)(=O)=O)cc1)NCC1CCCS1. The molecule has 8 heteroatoms. The summed E-state index contributed by atoms with van der Waals surface area (Å²) in [6.45, 7) is 1.57. The summed E-state index contributed by atoms with van der Waals surface area (Å²) in [5.41, 5.74) is 1.62. The first-order valence-electron chi connectivity index (χ1n) is 7.59. The molecule has 1 aliphatic rings. The van der Waals surface area contributed by atoms with Gasteiger partial charge in [0.15, 0.2) is 5.96 Å². The number of aliphatic imine (C=N–C) groups is 1. The Morgan fingerprint density at radius 2 is 2.04 bits per heavy atom. The van der Waals surface area contributed by atoms with Gasteiger partial charge in [0.05, 0.1) is 6.26 Å². The number of anilines is 1. The highest BCUT2D eigenvalue weighted by molar-refractivity contribution is 8.00. The van der Waals surface area contributed by atoms with Crippen molar-refractivity contribution in [3.8, 4) is 0 Å². The molecule has 2 rings (SSSR count). The number of rotatable bonds is 6. The molecule has 1 fully saturated rings. The van der Waals surface area contributed by atoms with Crippen molar-refractivity contribution in [1.82, 2.24) is 10.6 Å². The van der Waals surface area contributed by atoms with E-state index in [-0.39, 0.29) is 0 Å². The van der Waals surface area contributed by atoms with Crippen LogP contribution in [0.2, 0.25) is 0 Å². The molecule has 23 heavy (non-hydrogen) atoms. The Morgan fingerprint density at radius 1 is 1.30 bits per heavy atom. The second kappa shape index (κ2) is 8.44. The van der Waals surface area contributed by atoms with Gasteiger partial charge in [0.25, 0.3) is 0 Å². The van der Waals surface area contributed by atoms with Crippen molar-refractivity contribution >= 4 is 33.4 Å². The Morgan fingerprint density at radius 3 is 2.61 bits per heavy atom. The van der Waals surface area contributed by atoms with Crippen LogP contribution >= 0.6 is 11.8 Å². The zero-order chi connectivity index (χ0) is 16.7. The van der Waals surface area contributed by atoms with E-state index in [1.165, 1.54) is 18.6 Å². The van der Waals surface area contributed by atoms with Gasteiger partial charge in [0.2, 0.25) is 10.0 Å². The maximum atomic E-state index is 11.2. The maximum absolute atomic E-state index is 11.2. The fourth-order valence-electron chi connectivity index (χ4n) is 2.33. The third kappa shape index (κ3) is 6.70. The largest absolute Gasteiger partial charge is 0.355 e. The maximum Gasteiger partial charge on any atom is 0.229 e. The van der Waals surface area contributed by atoms with Gasteiger partial charge < -0.3 is 10.6 Å². The molecule has 0 amide bonds. The van der Waals surface area contributed by atoms with Crippen LogP contribution in [0.5, 0.6) is 0 Å². The lowest BCUT2D eigenvalue weighted by molar-refractivity contribution is 0.607. The monoisotopic (exact) mass is 356 g/mol. The van der Waals surface area contributed by atoms with Crippen LogP contribution in [0.1, 0.15) is 18.4 Å². The summed E-state index contributed by atoms with van der Waals surface area (Å²) < 4.78 is 24.8. The smallest absolute Gasteiger partial charge is 0.229 e. The van der Waals surface area contributed by atoms with Gasteiger partial charge in [-0.25, -0.2) is 8.42 Å². The van der Waals surface area contributed by atoms with Gasteiger partial charge in [-0.15, -0.1) is 0 Å². The lowest BCUT2D eigenvalue weighted by Gasteiger charge is -2.15. The van der Waals surface area contributed by atoms with Crippen LogP contribution < -0.4 is 15.4 Å². The summed E-state index contributed by atoms with van der Waals surface area (Å²) in [5, 5.41) is 7.29. The van der Waals surface area contributed by atoms with Gasteiger partial charge in [0.1, 0.15) is 0 Å². The predicted molar refractivity (Wildman–Crippen MR) is 98.6 cm³/mol. The zero-order valence-electron chi connectivity index (χ0n) is 13.5. The normalized spacial score (nSPS) is 18.7. The van der Waals surface area contributed by atoms with Gasteiger partial charge in [-0.1, -0.05) is 12.1 Å². The minimum absolute atomic E-state index is 0.567. The molecule has 1 aliphatic heterocycles. The molecule has 0 radical (unpaired) electrons. The number of sulfonamides is 1. The third-order valence-electron chi connectivity index (χ3n) is 3.46. The van der Waals surface area contributed by atoms with E-state index in [1.54, 1.807) is 19.2 Å². The third-order valence-corrected chi connectivity index (χ3v) is 5.47. The summed E-state index contributed by atoms with van der Waals surface area (Å²) in [7, 11) is -1.47. The predicted octanol–water partition coefficient (Wildman–Crippen LogP) is 1.62. The molecule has 0 bridgehead atoms. The number of benzene rings is 1. The average molecular weight is 357 g/mol. The standard InChI is InChI=1S/C15H24N4O2S2/c1-16-15(18-11-14-4-3-9-22-14)17-10-12-5-7-13(8-6-12)19-23(2,20)21/h5-8,14,19H,3-4,9-11H2,1-2H3,(H2,16,17,18). The summed E-state index contributed by atoms with van der Waals surface area (Å²) in [5.74, 6) is 2.04. The summed E-state index contributed by atoms with van der Waals surface area (Å²) in [4.78, 5) is 4.22. The summed E-state index contributed by atoms with van der Waals surface area (Å²) >= 11 is 2.01. The van der Waals surface area contributed by atoms with E-state index >= 15 is 0 Å². The van der Waals surface area contributed by atoms with E-state index in [0.29, 0.717) is 17.5 Å². The molecule has 1 atom stereocenters. The second-order valence-electron chi connectivity index (χ2n) is 5.51. The van der Waals surface area contributed by atoms with Gasteiger partial charge >= 0.3 is 0 Å². The fourth-order valence-corrected chi connectivity index (χ4v) is 4.09. The topological polar surface area (TPSA) is 82.6 Å². The quantitative estimate of drug-likeness (QED) is 0.533. The zero-order valence-corrected chi connectivity index (χ0v) is 15.1. The molecule has 1 unspecified atom stereocenters. The van der Waals surface area contributed by atoms with E-state index in [1.807, 2.05) is 23.9 Å². The lowest BCUT2D eigenvalue weighted by Crippen LogP contribution is -2.39. The second-order valence-corrected chi connectivity index (χ2v) is 8.67. The minimum Gasteiger partial charge on any atom is -0.355 e. The van der Waals surface area contributed by atoms with Gasteiger partial charge in [-0.3, -0.25) is 9.71 Å². The molecule has 0 saturated carbocycles. The Labute approximate surface area is 142 Å². The van der Waals surface area contributed by atoms with Crippen molar-refractivity contribution in [3.63, 3.8) is 0 Å². The van der Waals surface area contributed by atoms with Gasteiger partial charge in [0, 0.05) is 31.1 Å². The van der Waals surface area contributed by atoms with Crippen LogP contribution in [0.3, 0.4) is 0 Å². The fraction of sp³-hybridized carbons (Fsp3) is 0.533. The van der Waals surface area contributed by atoms with E-state index in [0.717, 1.165) is 24.3 Å². The number of hydrogen-bond acceptors (Lipinski definition) is 4. The van der Waals surface area contributed by atoms with Gasteiger partial charge in [-0.05, 0) is 36.3 Å². The summed E-state index contributed by atoms with van der Waals surface area (Å²) in [6.07, 6.45) is 3.71. The first-order chi connectivity index (χ1) is 11.0. The first-order valence-corrected chi connectivity index (χ1v) is 10.5. The molecule has 1 heterocycles. The molecule has 1 aromatic rings. The Bertz CT molecular complexity index is 623. The minimum atomic E-state index is -3.23. The van der Waals surface area contributed by atoms with Crippen LogP contribution in [0.15, 0.2) is 29.3 Å². The Balaban J connectivity index is 1.79. The molecule has 3 N–H and O–H groups in total. The highest BCUT2D eigenvalue weighted by Crippen LogP contribution is 2.25. The van der Waals surface area contributed by atoms with E-state index in [2.05, 4.69) is 20.3 Å². The van der Waals surface area contributed by atoms with Crippen LogP contribution in [0, 0.1) is 0 Å². The number of thioether (sulfide) groups is 1. The molecule has 1 aromatic carbocycles. The van der Waals surface area contributed by atoms with Gasteiger partial charge in [-0.2, -0.15) is 11.8 Å². The van der Waals surface area contributed by atoms with Crippen molar-refractivity contribution in [2.45, 2.75) is 24.6 Å². The van der Waals surface area contributed by atoms with Crippen LogP contribution in [0.25, 0.3) is 0 Å². The highest BCUT2D eigenvalue weighted by atomic mass is 32.2. The van der Waals surface area contributed by atoms with Crippen molar-refractivity contribution in [3.05, 3.63) is 29.8 Å². The average Bonchev–Trinajstić information content (AvgIpc) is 3.01. The van der Waals surface area contributed by atoms with Crippen LogP contribution in [-0.4, -0.2) is 45.2 Å². The molecule has 1 saturated heterocycles. The summed E-state index contributed by atoms with van der Waals surface area (Å²) in [6, 6.07) is 7.29. The lowest BCUT2D eigenvalue weighted by atomic mass is 10.2. The number of hydrogen-bond donors (Lipinski definition) is 3. The number of nitrogens with one attached hydrogen (secondary N) is 3. The molecule has 6 nitrogen and oxygen atoms in total. The first kappa shape index (κ1) is 17.9. The Kier molecular flexibility index (Phi) is 6.59. The molecule has 128 valence electrons.